The molecule has 0 radical (unpaired) electrons. The van der Waals surface area contributed by atoms with Crippen LogP contribution < -0.4 is 0 Å². The van der Waals surface area contributed by atoms with E-state index < -0.39 is 35.2 Å². The standard InChI is InChI=1S/C16H16F4O2/c1-15(2)11(8-12(17)16(18,19)20)13(15)14(21)22-9-10-6-4-3-5-7-10/h3-8,11,13H,9H2,1-2H3/t11-,13+/m0/s1. The van der Waals surface area contributed by atoms with Crippen molar-refractivity contribution in [3.63, 3.8) is 0 Å². The molecule has 0 unspecified atom stereocenters. The van der Waals surface area contributed by atoms with Gasteiger partial charge >= 0.3 is 12.1 Å². The van der Waals surface area contributed by atoms with Crippen molar-refractivity contribution in [2.45, 2.75) is 26.6 Å². The maximum absolute atomic E-state index is 13.0. The third-order valence-corrected chi connectivity index (χ3v) is 3.99. The molecule has 0 aromatic heterocycles. The van der Waals surface area contributed by atoms with Crippen molar-refractivity contribution in [1.29, 1.82) is 0 Å². The quantitative estimate of drug-likeness (QED) is 0.607. The number of benzene rings is 1. The second-order valence-electron chi connectivity index (χ2n) is 5.93. The number of hydrogen-bond acceptors (Lipinski definition) is 2. The van der Waals surface area contributed by atoms with Gasteiger partial charge in [0.1, 0.15) is 6.61 Å². The molecule has 1 aromatic rings. The van der Waals surface area contributed by atoms with Crippen LogP contribution in [0.2, 0.25) is 0 Å². The van der Waals surface area contributed by atoms with Gasteiger partial charge in [-0.3, -0.25) is 4.79 Å². The Bertz CT molecular complexity index is 576. The molecule has 1 aliphatic carbocycles. The number of hydrogen-bond donors (Lipinski definition) is 0. The zero-order chi connectivity index (χ0) is 16.5. The lowest BCUT2D eigenvalue weighted by atomic mass is 10.1. The van der Waals surface area contributed by atoms with Gasteiger partial charge in [0.2, 0.25) is 0 Å². The van der Waals surface area contributed by atoms with Gasteiger partial charge in [-0.15, -0.1) is 0 Å². The highest BCUT2D eigenvalue weighted by molar-refractivity contribution is 5.78. The molecule has 0 aliphatic heterocycles. The van der Waals surface area contributed by atoms with E-state index in [4.69, 9.17) is 4.74 Å². The van der Waals surface area contributed by atoms with Crippen molar-refractivity contribution < 1.29 is 27.1 Å². The molecule has 1 aromatic carbocycles. The van der Waals surface area contributed by atoms with Crippen molar-refractivity contribution in [2.24, 2.45) is 17.3 Å². The minimum atomic E-state index is -5.02. The fourth-order valence-corrected chi connectivity index (χ4v) is 2.51. The minimum absolute atomic E-state index is 0.0461. The monoisotopic (exact) mass is 316 g/mol. The van der Waals surface area contributed by atoms with Crippen molar-refractivity contribution in [2.75, 3.05) is 0 Å². The van der Waals surface area contributed by atoms with Crippen molar-refractivity contribution in [3.05, 3.63) is 47.8 Å². The highest BCUT2D eigenvalue weighted by atomic mass is 19.4. The van der Waals surface area contributed by atoms with E-state index in [9.17, 15) is 22.4 Å². The Labute approximate surface area is 125 Å². The summed E-state index contributed by atoms with van der Waals surface area (Å²) >= 11 is 0. The van der Waals surface area contributed by atoms with Crippen LogP contribution in [-0.2, 0) is 16.1 Å². The summed E-state index contributed by atoms with van der Waals surface area (Å²) < 4.78 is 54.8. The number of ether oxygens (including phenoxy) is 1. The molecule has 0 bridgehead atoms. The number of halogens is 4. The lowest BCUT2D eigenvalue weighted by Gasteiger charge is -2.05. The number of esters is 1. The summed E-state index contributed by atoms with van der Waals surface area (Å²) in [7, 11) is 0. The van der Waals surface area contributed by atoms with Crippen molar-refractivity contribution in [1.82, 2.24) is 0 Å². The lowest BCUT2D eigenvalue weighted by molar-refractivity contribution is -0.147. The van der Waals surface area contributed by atoms with E-state index in [0.717, 1.165) is 5.56 Å². The SMILES string of the molecule is CC1(C)[C@@H](C=C(F)C(F)(F)F)[C@@H]1C(=O)OCc1ccccc1. The average Bonchev–Trinajstić information content (AvgIpc) is 2.97. The molecule has 0 saturated heterocycles. The summed E-state index contributed by atoms with van der Waals surface area (Å²) in [6.07, 6.45) is -4.54. The average molecular weight is 316 g/mol. The summed E-state index contributed by atoms with van der Waals surface area (Å²) in [5, 5.41) is 0. The Morgan fingerprint density at radius 3 is 2.41 bits per heavy atom. The summed E-state index contributed by atoms with van der Waals surface area (Å²) in [6, 6.07) is 8.93. The molecule has 6 heteroatoms. The van der Waals surface area contributed by atoms with Crippen LogP contribution in [-0.4, -0.2) is 12.1 Å². The number of carbonyl (C=O) groups is 1. The maximum atomic E-state index is 13.0. The predicted octanol–water partition coefficient (Wildman–Crippen LogP) is 4.42. The summed E-state index contributed by atoms with van der Waals surface area (Å²) in [4.78, 5) is 12.0. The molecule has 2 rings (SSSR count). The van der Waals surface area contributed by atoms with E-state index in [2.05, 4.69) is 0 Å². The van der Waals surface area contributed by atoms with Gasteiger partial charge in [-0.2, -0.15) is 13.2 Å². The van der Waals surface area contributed by atoms with E-state index in [1.54, 1.807) is 38.1 Å². The molecule has 0 spiro atoms. The third kappa shape index (κ3) is 3.48. The largest absolute Gasteiger partial charge is 0.461 e. The summed E-state index contributed by atoms with van der Waals surface area (Å²) in [6.45, 7) is 3.28. The second-order valence-corrected chi connectivity index (χ2v) is 5.93. The smallest absolute Gasteiger partial charge is 0.442 e. The van der Waals surface area contributed by atoms with Crippen LogP contribution in [0.1, 0.15) is 19.4 Å². The first kappa shape index (κ1) is 16.5. The zero-order valence-corrected chi connectivity index (χ0v) is 12.2. The van der Waals surface area contributed by atoms with Crippen LogP contribution in [0.15, 0.2) is 42.2 Å². The van der Waals surface area contributed by atoms with E-state index in [-0.39, 0.29) is 6.61 Å². The normalized spacial score (nSPS) is 24.0. The molecule has 2 atom stereocenters. The molecule has 120 valence electrons. The Morgan fingerprint density at radius 1 is 1.27 bits per heavy atom. The van der Waals surface area contributed by atoms with Crippen molar-refractivity contribution >= 4 is 5.97 Å². The summed E-state index contributed by atoms with van der Waals surface area (Å²) in [5.41, 5.74) is 0.0407. The predicted molar refractivity (Wildman–Crippen MR) is 72.2 cm³/mol. The Hall–Kier alpha value is -1.85. The van der Waals surface area contributed by atoms with E-state index >= 15 is 0 Å². The number of alkyl halides is 3. The fourth-order valence-electron chi connectivity index (χ4n) is 2.51. The van der Waals surface area contributed by atoms with Gasteiger partial charge in [0.15, 0.2) is 5.83 Å². The molecular formula is C16H16F4O2. The first-order valence-electron chi connectivity index (χ1n) is 6.79. The van der Waals surface area contributed by atoms with Gasteiger partial charge in [0.25, 0.3) is 0 Å². The Kier molecular flexibility index (Phi) is 4.31. The molecule has 1 saturated carbocycles. The van der Waals surface area contributed by atoms with Crippen LogP contribution in [0.5, 0.6) is 0 Å². The third-order valence-electron chi connectivity index (χ3n) is 3.99. The summed E-state index contributed by atoms with van der Waals surface area (Å²) in [5.74, 6) is -4.34. The van der Waals surface area contributed by atoms with Crippen LogP contribution >= 0.6 is 0 Å². The molecule has 1 aliphatic rings. The van der Waals surface area contributed by atoms with Gasteiger partial charge < -0.3 is 4.74 Å². The van der Waals surface area contributed by atoms with Gasteiger partial charge in [-0.1, -0.05) is 44.2 Å². The van der Waals surface area contributed by atoms with Crippen LogP contribution in [0.25, 0.3) is 0 Å². The topological polar surface area (TPSA) is 26.3 Å². The van der Waals surface area contributed by atoms with Crippen LogP contribution in [0.3, 0.4) is 0 Å². The highest BCUT2D eigenvalue weighted by Crippen LogP contribution is 2.60. The first-order chi connectivity index (χ1) is 10.1. The van der Waals surface area contributed by atoms with Crippen LogP contribution in [0, 0.1) is 17.3 Å². The molecule has 2 nitrogen and oxygen atoms in total. The second kappa shape index (κ2) is 5.74. The van der Waals surface area contributed by atoms with Crippen molar-refractivity contribution in [3.8, 4) is 0 Å². The van der Waals surface area contributed by atoms with Gasteiger partial charge in [-0.25, -0.2) is 4.39 Å². The highest BCUT2D eigenvalue weighted by Gasteiger charge is 2.62. The Morgan fingerprint density at radius 2 is 1.86 bits per heavy atom. The fraction of sp³-hybridized carbons (Fsp3) is 0.438. The zero-order valence-electron chi connectivity index (χ0n) is 12.2. The van der Waals surface area contributed by atoms with E-state index in [0.29, 0.717) is 6.08 Å². The first-order valence-corrected chi connectivity index (χ1v) is 6.79. The minimum Gasteiger partial charge on any atom is -0.461 e. The number of carbonyl (C=O) groups excluding carboxylic acids is 1. The van der Waals surface area contributed by atoms with Gasteiger partial charge in [0.05, 0.1) is 5.92 Å². The molecule has 0 heterocycles. The Balaban J connectivity index is 1.99. The molecule has 0 N–H and O–H groups in total. The molecule has 0 amide bonds. The number of rotatable bonds is 4. The van der Waals surface area contributed by atoms with Gasteiger partial charge in [0, 0.05) is 0 Å². The molecule has 1 fully saturated rings. The van der Waals surface area contributed by atoms with E-state index in [1.807, 2.05) is 6.07 Å². The maximum Gasteiger partial charge on any atom is 0.442 e. The number of allylic oxidation sites excluding steroid dienone is 2. The van der Waals surface area contributed by atoms with Crippen LogP contribution in [0.4, 0.5) is 17.6 Å². The molecule has 22 heavy (non-hydrogen) atoms. The molecular weight excluding hydrogens is 300 g/mol. The van der Waals surface area contributed by atoms with Gasteiger partial charge in [-0.05, 0) is 23.0 Å². The lowest BCUT2D eigenvalue weighted by Crippen LogP contribution is -2.11. The van der Waals surface area contributed by atoms with E-state index in [1.165, 1.54) is 0 Å².